The summed E-state index contributed by atoms with van der Waals surface area (Å²) in [6.45, 7) is 22.0. The number of aromatic amines is 4. The molecule has 0 radical (unpaired) electrons. The maximum absolute atomic E-state index is 13.6. The zero-order valence-electron chi connectivity index (χ0n) is 71.5. The lowest BCUT2D eigenvalue weighted by Gasteiger charge is -2.26. The molecule has 0 aliphatic heterocycles. The van der Waals surface area contributed by atoms with Gasteiger partial charge in [-0.15, -0.1) is 0 Å². The Hall–Kier alpha value is -10.5. The number of nitrogen functional groups attached to an aromatic ring is 4. The molecule has 0 saturated heterocycles. The Morgan fingerprint density at radius 2 is 0.632 bits per heavy atom. The van der Waals surface area contributed by atoms with Crippen LogP contribution in [0.1, 0.15) is 108 Å². The maximum Gasteiger partial charge on any atom is 0.356 e. The lowest BCUT2D eigenvalue weighted by molar-refractivity contribution is -0.119. The van der Waals surface area contributed by atoms with Crippen molar-refractivity contribution in [2.75, 3.05) is 81.4 Å². The number of nitrogens with two attached hydrogens (primary N) is 4. The van der Waals surface area contributed by atoms with Gasteiger partial charge in [0, 0.05) is 26.2 Å². The largest absolute Gasteiger partial charge is 0.371 e. The zero-order chi connectivity index (χ0) is 92.1. The van der Waals surface area contributed by atoms with E-state index in [4.69, 9.17) is 55.7 Å². The summed E-state index contributed by atoms with van der Waals surface area (Å²) in [5.41, 5.74) is 24.4. The topological polar surface area (TPSA) is 666 Å². The Bertz CT molecular complexity index is 5320. The Labute approximate surface area is 716 Å². The summed E-state index contributed by atoms with van der Waals surface area (Å²) >= 11 is 0. The number of rotatable bonds is 48. The molecule has 9 atom stereocenters. The van der Waals surface area contributed by atoms with Crippen LogP contribution < -0.4 is 75.7 Å². The van der Waals surface area contributed by atoms with Crippen LogP contribution in [0, 0.1) is 0 Å². The van der Waals surface area contributed by atoms with E-state index >= 15 is 0 Å². The number of fused-ring (bicyclic) bond motifs is 4. The number of carbonyl (C=O) groups excluding carboxylic acids is 6. The molecular weight excluding hydrogens is 1710 g/mol. The highest BCUT2D eigenvalue weighted by atomic mass is 31.2. The monoisotopic (exact) mass is 1820 g/mol. The van der Waals surface area contributed by atoms with E-state index in [1.165, 1.54) is 66.9 Å². The molecule has 8 heterocycles. The molecule has 10 aromatic rings. The van der Waals surface area contributed by atoms with Crippen molar-refractivity contribution >= 4 is 133 Å². The molecule has 0 saturated carbocycles. The predicted octanol–water partition coefficient (Wildman–Crippen LogP) is 4.11. The van der Waals surface area contributed by atoms with E-state index in [1.54, 1.807) is 59.8 Å². The first-order valence-electron chi connectivity index (χ1n) is 39.2. The van der Waals surface area contributed by atoms with E-state index < -0.39 is 88.4 Å². The third-order valence-electron chi connectivity index (χ3n) is 18.5. The number of carbonyl (C=O) groups is 6. The Kier molecular flexibility index (Phi) is 38.7. The van der Waals surface area contributed by atoms with Crippen LogP contribution in [-0.4, -0.2) is 214 Å². The number of nitrogens with one attached hydrogen (secondary N) is 10. The summed E-state index contributed by atoms with van der Waals surface area (Å²) in [5.74, 6) is -1.25. The number of anilines is 4. The van der Waals surface area contributed by atoms with Gasteiger partial charge >= 0.3 is 7.60 Å². The van der Waals surface area contributed by atoms with Gasteiger partial charge in [-0.1, -0.05) is 67.6 Å². The van der Waals surface area contributed by atoms with Gasteiger partial charge < -0.3 is 73.9 Å². The fourth-order valence-corrected chi connectivity index (χ4v) is 18.8. The van der Waals surface area contributed by atoms with Crippen LogP contribution in [0.4, 0.5) is 23.8 Å². The SMILES string of the molecule is CC(=O)[C@H](C)NP(=O)(COCCn1cnc2c(=O)[nH]c(N)nc21)N[C@@H](C)C(C)=O.CC(=O)[C@H](C)NP(=O)(COCCn1cnc2c(=O)[nH]c(N)nc21)N[C@@H](C)C(C)=O.CC(=O)[C@H](C)NP(=O)(COCCn1cnc2c(=O)[nH]c(N)nc21)N[C@H](C)C(C)=O.CCC(COP(=O)(COCCn1cnc2c(=O)[nH]c(N)nc21)OCc1ccccc1)OCc1ccccc1. The van der Waals surface area contributed by atoms with Crippen molar-refractivity contribution in [3.05, 3.63) is 139 Å². The average molecular weight is 1820 g/mol. The summed E-state index contributed by atoms with van der Waals surface area (Å²) in [5, 5.41) is 16.4. The lowest BCUT2D eigenvalue weighted by Crippen LogP contribution is -2.40. The maximum atomic E-state index is 13.6. The molecule has 0 aliphatic carbocycles. The van der Waals surface area contributed by atoms with E-state index in [1.807, 2.05) is 67.6 Å². The van der Waals surface area contributed by atoms with Crippen LogP contribution in [0.15, 0.2) is 105 Å². The molecule has 125 heavy (non-hydrogen) atoms. The highest BCUT2D eigenvalue weighted by molar-refractivity contribution is 7.60. The minimum atomic E-state index is -3.64. The molecule has 0 aliphatic rings. The molecule has 18 N–H and O–H groups in total. The van der Waals surface area contributed by atoms with E-state index in [0.717, 1.165) is 11.1 Å². The second kappa shape index (κ2) is 47.7. The number of ether oxygens (including phenoxy) is 5. The zero-order valence-corrected chi connectivity index (χ0v) is 75.1. The third kappa shape index (κ3) is 31.8. The molecule has 8 aromatic heterocycles. The molecule has 2 aromatic carbocycles. The fourth-order valence-electron chi connectivity index (χ4n) is 10.8. The summed E-state index contributed by atoms with van der Waals surface area (Å²) < 4.78 is 99.4. The number of ketones is 6. The van der Waals surface area contributed by atoms with Crippen molar-refractivity contribution < 1.29 is 79.8 Å². The summed E-state index contributed by atoms with van der Waals surface area (Å²) in [6, 6.07) is 15.2. The first-order chi connectivity index (χ1) is 59.0. The lowest BCUT2D eigenvalue weighted by atomic mass is 10.2. The highest BCUT2D eigenvalue weighted by Crippen LogP contribution is 2.49. The van der Waals surface area contributed by atoms with Gasteiger partial charge in [-0.05, 0) is 101 Å². The standard InChI is InChI=1S/C26H32N5O6P.3C16H26N7O5P/c1-2-22(35-15-20-9-5-3-6-10-20)17-37-38(33,36-16-21-11-7-4-8-12-21)19-34-14-13-31-18-28-23-24(31)29-26(27)30-25(23)32;3*1-9(11(3)24)21-29(27,22-10(2)12(4)25)8-28-6-5-23-7-18-13-14(23)19-16(17)20-15(13)26/h3-12,18,22H,2,13-17,19H2,1H3,(H3,27,29,30,32);3*7,9-10H,5-6,8H2,1-4H3,(H2,21,22,27)(H3,17,19,20,26)/t;9-,10+,29?;2*9-,10-/m..00/s1. The molecule has 0 fully saturated rings. The molecule has 0 amide bonds. The minimum Gasteiger partial charge on any atom is -0.371 e. The molecule has 0 bridgehead atoms. The first kappa shape index (κ1) is 102. The van der Waals surface area contributed by atoms with E-state index in [0.29, 0.717) is 42.2 Å². The second-order valence-electron chi connectivity index (χ2n) is 28.9. The average Bonchev–Trinajstić information content (AvgIpc) is 1.68. The number of hydrogen-bond donors (Lipinski definition) is 14. The second-order valence-corrected chi connectivity index (χ2v) is 37.6. The molecule has 47 nitrogen and oxygen atoms in total. The Morgan fingerprint density at radius 3 is 0.880 bits per heavy atom. The van der Waals surface area contributed by atoms with E-state index in [9.17, 15) is 66.2 Å². The van der Waals surface area contributed by atoms with Crippen LogP contribution in [0.3, 0.4) is 0 Å². The first-order valence-corrected chi connectivity index (χ1v) is 46.6. The van der Waals surface area contributed by atoms with Crippen molar-refractivity contribution in [1.29, 1.82) is 0 Å². The highest BCUT2D eigenvalue weighted by Gasteiger charge is 2.34. The quantitative estimate of drug-likeness (QED) is 0.0188. The van der Waals surface area contributed by atoms with Gasteiger partial charge in [0.05, 0.1) is 114 Å². The van der Waals surface area contributed by atoms with Gasteiger partial charge in [-0.3, -0.25) is 86.1 Å². The molecule has 0 spiro atoms. The predicted molar refractivity (Wildman–Crippen MR) is 466 cm³/mol. The van der Waals surface area contributed by atoms with Crippen LogP contribution in [-0.2, 0) is 119 Å². The van der Waals surface area contributed by atoms with E-state index in [2.05, 4.69) is 90.3 Å². The van der Waals surface area contributed by atoms with Crippen molar-refractivity contribution in [3.63, 3.8) is 0 Å². The Morgan fingerprint density at radius 1 is 0.384 bits per heavy atom. The molecule has 682 valence electrons. The van der Waals surface area contributed by atoms with Crippen molar-refractivity contribution in [3.8, 4) is 0 Å². The summed E-state index contributed by atoms with van der Waals surface area (Å²) in [6.07, 6.45) is 5.20. The number of H-pyrrole nitrogens is 4. The van der Waals surface area contributed by atoms with Gasteiger partial charge in [-0.2, -0.15) is 19.9 Å². The van der Waals surface area contributed by atoms with Crippen molar-refractivity contribution in [1.82, 2.24) is 109 Å². The van der Waals surface area contributed by atoms with Crippen molar-refractivity contribution in [2.24, 2.45) is 0 Å². The summed E-state index contributed by atoms with van der Waals surface area (Å²) in [4.78, 5) is 158. The number of nitrogens with zero attached hydrogens (tertiary/aromatic N) is 12. The number of benzene rings is 2. The molecule has 51 heteroatoms. The molecule has 3 unspecified atom stereocenters. The molecular formula is C74H110N26O21P4. The van der Waals surface area contributed by atoms with Crippen LogP contribution in [0.25, 0.3) is 44.7 Å². The third-order valence-corrected chi connectivity index (χ3v) is 26.6. The van der Waals surface area contributed by atoms with E-state index in [-0.39, 0.29) is 171 Å². The molecule has 10 rings (SSSR count). The summed E-state index contributed by atoms with van der Waals surface area (Å²) in [7, 11) is -13.8. The Balaban J connectivity index is 0.000000231. The normalized spacial score (nSPS) is 14.4. The van der Waals surface area contributed by atoms with Crippen LogP contribution in [0.5, 0.6) is 0 Å². The van der Waals surface area contributed by atoms with Gasteiger partial charge in [0.25, 0.3) is 22.2 Å². The number of imidazole rings is 4. The minimum absolute atomic E-state index is 0.00246. The smallest absolute Gasteiger partial charge is 0.356 e. The van der Waals surface area contributed by atoms with Crippen molar-refractivity contribution in [2.45, 2.75) is 178 Å². The van der Waals surface area contributed by atoms with Gasteiger partial charge in [0.2, 0.25) is 46.1 Å². The van der Waals surface area contributed by atoms with Gasteiger partial charge in [0.15, 0.2) is 44.7 Å². The van der Waals surface area contributed by atoms with Gasteiger partial charge in [-0.25, -0.2) is 50.5 Å². The van der Waals surface area contributed by atoms with Crippen LogP contribution in [0.2, 0.25) is 0 Å². The number of aromatic nitrogens is 16. The fraction of sp³-hybridized carbons (Fsp3) is 0.486. The number of Topliss-reactive ketones (excluding diaryl/α,β-unsaturated/α-hetero) is 6. The number of hydrogen-bond acceptors (Lipinski definition) is 33. The van der Waals surface area contributed by atoms with Crippen LogP contribution >= 0.6 is 29.9 Å². The van der Waals surface area contributed by atoms with Gasteiger partial charge in [0.1, 0.15) is 60.1 Å².